The first-order valence-corrected chi connectivity index (χ1v) is 9.44. The maximum absolute atomic E-state index is 6.08. The first-order valence-electron chi connectivity index (χ1n) is 9.06. The number of nitrogens with zero attached hydrogens (tertiary/aromatic N) is 2. The quantitative estimate of drug-likeness (QED) is 0.580. The average molecular weight is 375 g/mol. The summed E-state index contributed by atoms with van der Waals surface area (Å²) in [6.45, 7) is 0. The number of halogens is 1. The van der Waals surface area contributed by atoms with Crippen molar-refractivity contribution in [1.82, 2.24) is 4.90 Å². The monoisotopic (exact) mass is 374 g/mol. The predicted molar refractivity (Wildman–Crippen MR) is 109 cm³/mol. The van der Waals surface area contributed by atoms with Crippen LogP contribution in [0.15, 0.2) is 83.9 Å². The molecule has 5 rings (SSSR count). The summed E-state index contributed by atoms with van der Waals surface area (Å²) in [5.41, 5.74) is 4.80. The highest BCUT2D eigenvalue weighted by atomic mass is 35.5. The van der Waals surface area contributed by atoms with Crippen LogP contribution in [0.25, 0.3) is 0 Å². The fraction of sp³-hybridized carbons (Fsp3) is 0.174. The van der Waals surface area contributed by atoms with Gasteiger partial charge in [0, 0.05) is 5.02 Å². The molecule has 2 aliphatic heterocycles. The largest absolute Gasteiger partial charge is 0.497 e. The molecule has 0 aliphatic carbocycles. The summed E-state index contributed by atoms with van der Waals surface area (Å²) >= 11 is 6.08. The van der Waals surface area contributed by atoms with E-state index in [1.165, 1.54) is 11.1 Å². The Labute approximate surface area is 163 Å². The Kier molecular flexibility index (Phi) is 4.00. The van der Waals surface area contributed by atoms with Gasteiger partial charge < -0.3 is 4.74 Å². The van der Waals surface area contributed by atoms with E-state index in [4.69, 9.17) is 21.3 Å². The second-order valence-corrected chi connectivity index (χ2v) is 7.35. The van der Waals surface area contributed by atoms with E-state index in [1.54, 1.807) is 7.11 Å². The van der Waals surface area contributed by atoms with Crippen molar-refractivity contribution in [2.24, 2.45) is 4.99 Å². The third-order valence-electron chi connectivity index (χ3n) is 5.37. The van der Waals surface area contributed by atoms with Gasteiger partial charge in [-0.15, -0.1) is 0 Å². The van der Waals surface area contributed by atoms with Crippen LogP contribution in [0.2, 0.25) is 5.02 Å². The molecule has 3 nitrogen and oxygen atoms in total. The van der Waals surface area contributed by atoms with Crippen LogP contribution < -0.4 is 4.74 Å². The molecule has 0 amide bonds. The molecule has 2 aliphatic rings. The molecule has 134 valence electrons. The fourth-order valence-corrected chi connectivity index (χ4v) is 4.14. The number of fused-ring (bicyclic) bond motifs is 1. The molecule has 0 bridgehead atoms. The molecule has 0 radical (unpaired) electrons. The molecule has 1 saturated heterocycles. The second kappa shape index (κ2) is 6.52. The Morgan fingerprint density at radius 1 is 0.815 bits per heavy atom. The highest BCUT2D eigenvalue weighted by Crippen LogP contribution is 2.55. The molecule has 1 fully saturated rings. The molecular weight excluding hydrogens is 356 g/mol. The molecule has 27 heavy (non-hydrogen) atoms. The predicted octanol–water partition coefficient (Wildman–Crippen LogP) is 5.28. The van der Waals surface area contributed by atoms with Gasteiger partial charge in [-0.2, -0.15) is 0 Å². The van der Waals surface area contributed by atoms with Gasteiger partial charge in [-0.25, -0.2) is 0 Å². The number of hydrogen-bond acceptors (Lipinski definition) is 3. The van der Waals surface area contributed by atoms with Gasteiger partial charge in [-0.05, 0) is 41.0 Å². The molecule has 0 aromatic heterocycles. The number of hydrogen-bond donors (Lipinski definition) is 0. The van der Waals surface area contributed by atoms with Gasteiger partial charge in [0.05, 0.1) is 24.9 Å². The van der Waals surface area contributed by atoms with E-state index in [0.29, 0.717) is 12.1 Å². The Bertz CT molecular complexity index is 983. The van der Waals surface area contributed by atoms with Crippen LogP contribution in [0, 0.1) is 0 Å². The van der Waals surface area contributed by atoms with Crippen LogP contribution in [-0.4, -0.2) is 23.8 Å². The van der Waals surface area contributed by atoms with Crippen molar-refractivity contribution in [3.05, 3.63) is 101 Å². The molecule has 0 N–H and O–H groups in total. The van der Waals surface area contributed by atoms with E-state index in [1.807, 2.05) is 24.3 Å². The summed E-state index contributed by atoms with van der Waals surface area (Å²) in [6.07, 6.45) is 0.0248. The normalized spacial score (nSPS) is 25.6. The lowest BCUT2D eigenvalue weighted by Gasteiger charge is -2.15. The topological polar surface area (TPSA) is 24.6 Å². The lowest BCUT2D eigenvalue weighted by Crippen LogP contribution is -2.08. The smallest absolute Gasteiger partial charge is 0.129 e. The third kappa shape index (κ3) is 2.84. The number of methoxy groups -OCH3 is 1. The Morgan fingerprint density at radius 3 is 2.19 bits per heavy atom. The molecule has 4 atom stereocenters. The van der Waals surface area contributed by atoms with Crippen LogP contribution >= 0.6 is 11.6 Å². The molecule has 0 spiro atoms. The highest BCUT2D eigenvalue weighted by molar-refractivity contribution is 6.30. The summed E-state index contributed by atoms with van der Waals surface area (Å²) in [7, 11) is 1.69. The maximum Gasteiger partial charge on any atom is 0.129 e. The maximum atomic E-state index is 6.08. The fourth-order valence-electron chi connectivity index (χ4n) is 4.01. The van der Waals surface area contributed by atoms with Gasteiger partial charge in [0.1, 0.15) is 11.9 Å². The summed E-state index contributed by atoms with van der Waals surface area (Å²) in [4.78, 5) is 7.55. The molecule has 3 aromatic carbocycles. The molecule has 1 unspecified atom stereocenters. The Morgan fingerprint density at radius 2 is 1.52 bits per heavy atom. The zero-order valence-corrected chi connectivity index (χ0v) is 15.7. The molecular formula is C23H19ClN2O. The minimum absolute atomic E-state index is 0.0248. The van der Waals surface area contributed by atoms with E-state index in [0.717, 1.165) is 22.0 Å². The van der Waals surface area contributed by atoms with Crippen LogP contribution in [-0.2, 0) is 0 Å². The summed E-state index contributed by atoms with van der Waals surface area (Å²) in [5.74, 6) is 0.862. The lowest BCUT2D eigenvalue weighted by molar-refractivity contribution is 0.400. The first-order chi connectivity index (χ1) is 13.3. The summed E-state index contributed by atoms with van der Waals surface area (Å²) < 4.78 is 5.30. The van der Waals surface area contributed by atoms with Crippen molar-refractivity contribution < 1.29 is 4.74 Å². The van der Waals surface area contributed by atoms with E-state index < -0.39 is 0 Å². The molecule has 4 heteroatoms. The highest BCUT2D eigenvalue weighted by Gasteiger charge is 2.59. The van der Waals surface area contributed by atoms with Crippen molar-refractivity contribution in [2.75, 3.05) is 7.11 Å². The van der Waals surface area contributed by atoms with Crippen LogP contribution in [0.5, 0.6) is 5.75 Å². The number of rotatable bonds is 4. The van der Waals surface area contributed by atoms with E-state index in [9.17, 15) is 0 Å². The van der Waals surface area contributed by atoms with Crippen LogP contribution in [0.4, 0.5) is 0 Å². The molecule has 0 saturated carbocycles. The van der Waals surface area contributed by atoms with Crippen molar-refractivity contribution in [3.8, 4) is 5.75 Å². The van der Waals surface area contributed by atoms with Crippen LogP contribution in [0.3, 0.4) is 0 Å². The standard InChI is InChI=1S/C23H19ClN2O/c1-27-19-13-9-17(10-14-19)23-25-20(15-7-11-18(24)12-8-15)22-21(26(22)23)16-5-3-2-4-6-16/h2-14,21-23H,1H3/t21-,22+,23+,26?/m0/s1. The minimum atomic E-state index is 0.0248. The van der Waals surface area contributed by atoms with Gasteiger partial charge in [-0.1, -0.05) is 66.2 Å². The van der Waals surface area contributed by atoms with Crippen molar-refractivity contribution >= 4 is 17.3 Å². The SMILES string of the molecule is COc1ccc([C@@H]2N=C(c3ccc(Cl)cc3)[C@@H]3[C@H](c4ccccc4)N32)cc1. The Hall–Kier alpha value is -2.62. The zero-order chi connectivity index (χ0) is 18.4. The van der Waals surface area contributed by atoms with Gasteiger partial charge in [0.15, 0.2) is 0 Å². The third-order valence-corrected chi connectivity index (χ3v) is 5.62. The summed E-state index contributed by atoms with van der Waals surface area (Å²) in [6, 6.07) is 27.6. The van der Waals surface area contributed by atoms with Crippen molar-refractivity contribution in [1.29, 1.82) is 0 Å². The second-order valence-electron chi connectivity index (χ2n) is 6.92. The molecule has 3 aromatic rings. The van der Waals surface area contributed by atoms with Gasteiger partial charge in [0.25, 0.3) is 0 Å². The summed E-state index contributed by atoms with van der Waals surface area (Å²) in [5, 5.41) is 0.747. The first kappa shape index (κ1) is 16.5. The zero-order valence-electron chi connectivity index (χ0n) is 14.9. The molecule has 2 heterocycles. The number of aliphatic imine (C=N–C) groups is 1. The van der Waals surface area contributed by atoms with Gasteiger partial charge in [0.2, 0.25) is 0 Å². The minimum Gasteiger partial charge on any atom is -0.497 e. The lowest BCUT2D eigenvalue weighted by atomic mass is 10.0. The Balaban J connectivity index is 1.54. The number of ether oxygens (including phenoxy) is 1. The van der Waals surface area contributed by atoms with Crippen molar-refractivity contribution in [2.45, 2.75) is 18.2 Å². The van der Waals surface area contributed by atoms with E-state index in [2.05, 4.69) is 59.5 Å². The number of benzene rings is 3. The van der Waals surface area contributed by atoms with Gasteiger partial charge in [-0.3, -0.25) is 9.89 Å². The van der Waals surface area contributed by atoms with Gasteiger partial charge >= 0.3 is 0 Å². The van der Waals surface area contributed by atoms with Crippen molar-refractivity contribution in [3.63, 3.8) is 0 Å². The average Bonchev–Trinajstić information content (AvgIpc) is 3.34. The van der Waals surface area contributed by atoms with Crippen LogP contribution in [0.1, 0.15) is 28.9 Å². The van der Waals surface area contributed by atoms with E-state index in [-0.39, 0.29) is 6.17 Å². The van der Waals surface area contributed by atoms with E-state index >= 15 is 0 Å².